The van der Waals surface area contributed by atoms with Gasteiger partial charge in [0.15, 0.2) is 5.65 Å². The van der Waals surface area contributed by atoms with E-state index < -0.39 is 0 Å². The van der Waals surface area contributed by atoms with Crippen LogP contribution in [0.2, 0.25) is 5.02 Å². The molecule has 3 heterocycles. The van der Waals surface area contributed by atoms with Crippen molar-refractivity contribution in [2.24, 2.45) is 0 Å². The summed E-state index contributed by atoms with van der Waals surface area (Å²) in [5, 5.41) is 5.40. The van der Waals surface area contributed by atoms with Crippen molar-refractivity contribution in [2.45, 2.75) is 40.5 Å². The molecule has 0 saturated carbocycles. The molecule has 0 atom stereocenters. The quantitative estimate of drug-likeness (QED) is 0.642. The Hall–Kier alpha value is -2.14. The summed E-state index contributed by atoms with van der Waals surface area (Å²) < 4.78 is 1.96. The first kappa shape index (κ1) is 17.7. The van der Waals surface area contributed by atoms with E-state index in [1.54, 1.807) is 6.20 Å². The lowest BCUT2D eigenvalue weighted by atomic mass is 10.1. The zero-order valence-corrected chi connectivity index (χ0v) is 16.0. The molecule has 0 radical (unpaired) electrons. The van der Waals surface area contributed by atoms with Gasteiger partial charge in [0, 0.05) is 31.0 Å². The summed E-state index contributed by atoms with van der Waals surface area (Å²) in [5.74, 6) is 1.09. The number of rotatable bonds is 6. The Kier molecular flexibility index (Phi) is 5.23. The third-order valence-electron chi connectivity index (χ3n) is 4.17. The summed E-state index contributed by atoms with van der Waals surface area (Å²) in [6.07, 6.45) is 3.85. The minimum Gasteiger partial charge on any atom is -0.356 e. The Morgan fingerprint density at radius 2 is 1.84 bits per heavy atom. The van der Waals surface area contributed by atoms with Gasteiger partial charge >= 0.3 is 0 Å². The molecule has 0 saturated heterocycles. The van der Waals surface area contributed by atoms with Crippen LogP contribution in [0, 0.1) is 13.8 Å². The number of fused-ring (bicyclic) bond motifs is 1. The van der Waals surface area contributed by atoms with Gasteiger partial charge < -0.3 is 4.90 Å². The Labute approximate surface area is 153 Å². The Morgan fingerprint density at radius 3 is 2.44 bits per heavy atom. The molecular formula is C19H24ClN5. The predicted molar refractivity (Wildman–Crippen MR) is 103 cm³/mol. The Bertz CT molecular complexity index is 864. The van der Waals surface area contributed by atoms with Crippen molar-refractivity contribution in [1.82, 2.24) is 19.6 Å². The molecule has 0 unspecified atom stereocenters. The molecule has 0 spiro atoms. The molecule has 6 heteroatoms. The zero-order valence-electron chi connectivity index (χ0n) is 15.3. The van der Waals surface area contributed by atoms with Crippen LogP contribution in [0.4, 0.5) is 5.82 Å². The van der Waals surface area contributed by atoms with Crippen molar-refractivity contribution in [3.05, 3.63) is 40.8 Å². The maximum absolute atomic E-state index is 5.99. The van der Waals surface area contributed by atoms with Crippen LogP contribution in [-0.2, 0) is 0 Å². The second-order valence-electron chi connectivity index (χ2n) is 6.30. The van der Waals surface area contributed by atoms with Gasteiger partial charge in [-0.1, -0.05) is 25.4 Å². The van der Waals surface area contributed by atoms with E-state index in [0.717, 1.165) is 60.0 Å². The molecule has 0 fully saturated rings. The van der Waals surface area contributed by atoms with Crippen LogP contribution < -0.4 is 4.90 Å². The van der Waals surface area contributed by atoms with Gasteiger partial charge in [0.1, 0.15) is 5.82 Å². The van der Waals surface area contributed by atoms with E-state index in [4.69, 9.17) is 21.7 Å². The van der Waals surface area contributed by atoms with Crippen LogP contribution >= 0.6 is 11.6 Å². The molecule has 0 N–H and O–H groups in total. The van der Waals surface area contributed by atoms with Gasteiger partial charge in [0.05, 0.1) is 22.0 Å². The lowest BCUT2D eigenvalue weighted by Gasteiger charge is -2.24. The van der Waals surface area contributed by atoms with E-state index in [1.807, 2.05) is 30.5 Å². The summed E-state index contributed by atoms with van der Waals surface area (Å²) in [7, 11) is 0. The molecule has 0 aliphatic carbocycles. The first-order chi connectivity index (χ1) is 12.0. The highest BCUT2D eigenvalue weighted by Gasteiger charge is 2.19. The van der Waals surface area contributed by atoms with Crippen LogP contribution in [0.3, 0.4) is 0 Å². The summed E-state index contributed by atoms with van der Waals surface area (Å²) in [5.41, 5.74) is 4.56. The van der Waals surface area contributed by atoms with Gasteiger partial charge in [0.2, 0.25) is 0 Å². The highest BCUT2D eigenvalue weighted by Crippen LogP contribution is 2.29. The van der Waals surface area contributed by atoms with Crippen LogP contribution in [0.5, 0.6) is 0 Å². The molecule has 0 aromatic carbocycles. The van der Waals surface area contributed by atoms with Crippen molar-refractivity contribution in [1.29, 1.82) is 0 Å². The maximum atomic E-state index is 5.99. The van der Waals surface area contributed by atoms with E-state index in [1.165, 1.54) is 0 Å². The standard InChI is InChI=1S/C19H24ClN5/c1-5-9-24(10-6-2)17-11-13(3)22-19-18(14(4)23-25(17)19)16-8-7-15(20)12-21-16/h7-8,11-12H,5-6,9-10H2,1-4H3. The lowest BCUT2D eigenvalue weighted by molar-refractivity contribution is 0.713. The van der Waals surface area contributed by atoms with E-state index in [2.05, 4.69) is 29.8 Å². The second kappa shape index (κ2) is 7.40. The largest absolute Gasteiger partial charge is 0.356 e. The van der Waals surface area contributed by atoms with Gasteiger partial charge in [-0.25, -0.2) is 4.98 Å². The van der Waals surface area contributed by atoms with Crippen molar-refractivity contribution in [2.75, 3.05) is 18.0 Å². The highest BCUT2D eigenvalue weighted by atomic mass is 35.5. The van der Waals surface area contributed by atoms with Crippen LogP contribution in [-0.4, -0.2) is 32.7 Å². The Morgan fingerprint density at radius 1 is 1.12 bits per heavy atom. The number of hydrogen-bond acceptors (Lipinski definition) is 4. The zero-order chi connectivity index (χ0) is 18.0. The summed E-state index contributed by atoms with van der Waals surface area (Å²) >= 11 is 5.99. The molecule has 0 bridgehead atoms. The molecular weight excluding hydrogens is 334 g/mol. The average Bonchev–Trinajstić information content (AvgIpc) is 2.91. The fraction of sp³-hybridized carbons (Fsp3) is 0.421. The van der Waals surface area contributed by atoms with Crippen molar-refractivity contribution >= 4 is 23.1 Å². The van der Waals surface area contributed by atoms with Gasteiger partial charge in [-0.3, -0.25) is 4.98 Å². The normalized spacial score (nSPS) is 11.2. The van der Waals surface area contributed by atoms with Gasteiger partial charge in [0.25, 0.3) is 0 Å². The SMILES string of the molecule is CCCN(CCC)c1cc(C)nc2c(-c3ccc(Cl)cn3)c(C)nn12. The van der Waals surface area contributed by atoms with Crippen molar-refractivity contribution in [3.63, 3.8) is 0 Å². The minimum atomic E-state index is 0.625. The third kappa shape index (κ3) is 3.47. The molecule has 5 nitrogen and oxygen atoms in total. The number of aryl methyl sites for hydroxylation is 2. The summed E-state index contributed by atoms with van der Waals surface area (Å²) in [6, 6.07) is 5.89. The number of nitrogens with zero attached hydrogens (tertiary/aromatic N) is 5. The third-order valence-corrected chi connectivity index (χ3v) is 4.39. The molecule has 0 amide bonds. The summed E-state index contributed by atoms with van der Waals surface area (Å²) in [6.45, 7) is 10.4. The molecule has 0 aliphatic heterocycles. The monoisotopic (exact) mass is 357 g/mol. The van der Waals surface area contributed by atoms with Crippen molar-refractivity contribution in [3.8, 4) is 11.3 Å². The number of anilines is 1. The van der Waals surface area contributed by atoms with E-state index in [0.29, 0.717) is 5.02 Å². The smallest absolute Gasteiger partial charge is 0.167 e. The number of hydrogen-bond donors (Lipinski definition) is 0. The average molecular weight is 358 g/mol. The maximum Gasteiger partial charge on any atom is 0.167 e. The fourth-order valence-electron chi connectivity index (χ4n) is 3.15. The fourth-order valence-corrected chi connectivity index (χ4v) is 3.27. The van der Waals surface area contributed by atoms with Gasteiger partial charge in [-0.15, -0.1) is 0 Å². The van der Waals surface area contributed by atoms with Crippen LogP contribution in [0.25, 0.3) is 16.9 Å². The van der Waals surface area contributed by atoms with Gasteiger partial charge in [-0.2, -0.15) is 9.61 Å². The van der Waals surface area contributed by atoms with Crippen LogP contribution in [0.1, 0.15) is 38.1 Å². The first-order valence-corrected chi connectivity index (χ1v) is 9.16. The highest BCUT2D eigenvalue weighted by molar-refractivity contribution is 6.30. The molecule has 25 heavy (non-hydrogen) atoms. The topological polar surface area (TPSA) is 46.3 Å². The van der Waals surface area contributed by atoms with Crippen LogP contribution in [0.15, 0.2) is 24.4 Å². The lowest BCUT2D eigenvalue weighted by Crippen LogP contribution is -2.27. The Balaban J connectivity index is 2.21. The van der Waals surface area contributed by atoms with E-state index in [-0.39, 0.29) is 0 Å². The minimum absolute atomic E-state index is 0.625. The molecule has 0 aliphatic rings. The number of aromatic nitrogens is 4. The first-order valence-electron chi connectivity index (χ1n) is 8.79. The molecule has 3 aromatic heterocycles. The molecule has 3 rings (SSSR count). The van der Waals surface area contributed by atoms with E-state index >= 15 is 0 Å². The molecule has 132 valence electrons. The summed E-state index contributed by atoms with van der Waals surface area (Å²) in [4.78, 5) is 11.6. The number of pyridine rings is 1. The van der Waals surface area contributed by atoms with Gasteiger partial charge in [-0.05, 0) is 38.8 Å². The number of halogens is 1. The van der Waals surface area contributed by atoms with Crippen molar-refractivity contribution < 1.29 is 0 Å². The van der Waals surface area contributed by atoms with E-state index in [9.17, 15) is 0 Å². The second-order valence-corrected chi connectivity index (χ2v) is 6.74. The predicted octanol–water partition coefficient (Wildman–Crippen LogP) is 4.69. The molecule has 3 aromatic rings.